The summed E-state index contributed by atoms with van der Waals surface area (Å²) in [7, 11) is 0. The standard InChI is InChI=1S/C16H17N3O2/c1-2-3-11-21-14-10-9-13-16(18-19(20)17-13)15(14)12-7-5-4-6-8-12/h4-10,20H,2-3,11H2,1H3. The second-order valence-corrected chi connectivity index (χ2v) is 4.84. The lowest BCUT2D eigenvalue weighted by Crippen LogP contribution is -1.99. The Morgan fingerprint density at radius 1 is 1.10 bits per heavy atom. The number of benzene rings is 2. The molecule has 0 radical (unpaired) electrons. The predicted molar refractivity (Wildman–Crippen MR) is 80.6 cm³/mol. The van der Waals surface area contributed by atoms with E-state index in [9.17, 15) is 5.21 Å². The molecule has 3 rings (SSSR count). The monoisotopic (exact) mass is 283 g/mol. The van der Waals surface area contributed by atoms with Crippen LogP contribution in [0.2, 0.25) is 0 Å². The van der Waals surface area contributed by atoms with Crippen LogP contribution in [-0.4, -0.2) is 27.0 Å². The van der Waals surface area contributed by atoms with Crippen LogP contribution in [0.1, 0.15) is 19.8 Å². The highest BCUT2D eigenvalue weighted by molar-refractivity contribution is 5.94. The largest absolute Gasteiger partial charge is 0.493 e. The Morgan fingerprint density at radius 2 is 1.90 bits per heavy atom. The van der Waals surface area contributed by atoms with E-state index >= 15 is 0 Å². The molecule has 0 unspecified atom stereocenters. The van der Waals surface area contributed by atoms with Crippen LogP contribution in [-0.2, 0) is 0 Å². The van der Waals surface area contributed by atoms with E-state index in [-0.39, 0.29) is 0 Å². The first kappa shape index (κ1) is 13.4. The van der Waals surface area contributed by atoms with E-state index in [1.165, 1.54) is 0 Å². The first-order chi connectivity index (χ1) is 10.3. The third-order valence-electron chi connectivity index (χ3n) is 3.32. The maximum absolute atomic E-state index is 9.49. The predicted octanol–water partition coefficient (Wildman–Crippen LogP) is 3.51. The molecule has 108 valence electrons. The zero-order valence-corrected chi connectivity index (χ0v) is 11.9. The van der Waals surface area contributed by atoms with Crippen LogP contribution >= 0.6 is 0 Å². The fourth-order valence-electron chi connectivity index (χ4n) is 2.28. The quantitative estimate of drug-likeness (QED) is 0.575. The fourth-order valence-corrected chi connectivity index (χ4v) is 2.28. The van der Waals surface area contributed by atoms with Crippen molar-refractivity contribution >= 4 is 11.0 Å². The van der Waals surface area contributed by atoms with Crippen LogP contribution in [0, 0.1) is 0 Å². The van der Waals surface area contributed by atoms with Crippen molar-refractivity contribution in [1.82, 2.24) is 15.2 Å². The lowest BCUT2D eigenvalue weighted by Gasteiger charge is -2.11. The number of fused-ring (bicyclic) bond motifs is 1. The molecule has 0 fully saturated rings. The van der Waals surface area contributed by atoms with Crippen molar-refractivity contribution in [2.75, 3.05) is 6.61 Å². The van der Waals surface area contributed by atoms with Crippen molar-refractivity contribution in [3.63, 3.8) is 0 Å². The molecular weight excluding hydrogens is 266 g/mol. The van der Waals surface area contributed by atoms with E-state index in [0.29, 0.717) is 22.6 Å². The highest BCUT2D eigenvalue weighted by Crippen LogP contribution is 2.35. The van der Waals surface area contributed by atoms with Gasteiger partial charge in [-0.25, -0.2) is 0 Å². The number of aromatic nitrogens is 3. The molecule has 5 heteroatoms. The highest BCUT2D eigenvalue weighted by Gasteiger charge is 2.15. The van der Waals surface area contributed by atoms with Crippen molar-refractivity contribution in [2.24, 2.45) is 0 Å². The molecule has 0 amide bonds. The van der Waals surface area contributed by atoms with Crippen LogP contribution in [0.5, 0.6) is 5.75 Å². The first-order valence-corrected chi connectivity index (χ1v) is 7.07. The third-order valence-corrected chi connectivity index (χ3v) is 3.32. The summed E-state index contributed by atoms with van der Waals surface area (Å²) in [5.74, 6) is 0.766. The van der Waals surface area contributed by atoms with Gasteiger partial charge in [0.1, 0.15) is 16.8 Å². The summed E-state index contributed by atoms with van der Waals surface area (Å²) < 4.78 is 5.89. The van der Waals surface area contributed by atoms with Crippen molar-refractivity contribution in [2.45, 2.75) is 19.8 Å². The average molecular weight is 283 g/mol. The molecule has 2 aromatic carbocycles. The van der Waals surface area contributed by atoms with Crippen molar-refractivity contribution in [3.8, 4) is 16.9 Å². The third kappa shape index (κ3) is 2.67. The average Bonchev–Trinajstić information content (AvgIpc) is 2.88. The molecule has 0 spiro atoms. The van der Waals surface area contributed by atoms with Gasteiger partial charge in [-0.1, -0.05) is 43.7 Å². The van der Waals surface area contributed by atoms with Gasteiger partial charge in [-0.05, 0) is 29.1 Å². The van der Waals surface area contributed by atoms with Crippen LogP contribution in [0.15, 0.2) is 42.5 Å². The zero-order valence-electron chi connectivity index (χ0n) is 11.9. The molecule has 0 saturated carbocycles. The molecule has 0 bridgehead atoms. The second kappa shape index (κ2) is 5.83. The minimum atomic E-state index is 0.604. The SMILES string of the molecule is CCCCOc1ccc2nn(O)nc2c1-c1ccccc1. The lowest BCUT2D eigenvalue weighted by atomic mass is 10.0. The number of hydrogen-bond donors (Lipinski definition) is 1. The number of hydrogen-bond acceptors (Lipinski definition) is 4. The number of ether oxygens (including phenoxy) is 1. The molecule has 21 heavy (non-hydrogen) atoms. The molecule has 1 aromatic heterocycles. The van der Waals surface area contributed by atoms with Gasteiger partial charge in [0.2, 0.25) is 0 Å². The summed E-state index contributed by atoms with van der Waals surface area (Å²) in [6, 6.07) is 13.6. The van der Waals surface area contributed by atoms with Gasteiger partial charge in [0.15, 0.2) is 0 Å². The van der Waals surface area contributed by atoms with Gasteiger partial charge in [-0.15, -0.1) is 10.2 Å². The molecule has 3 aromatic rings. The van der Waals surface area contributed by atoms with Gasteiger partial charge in [0.05, 0.1) is 12.2 Å². The Morgan fingerprint density at radius 3 is 2.67 bits per heavy atom. The van der Waals surface area contributed by atoms with E-state index in [1.54, 1.807) is 0 Å². The smallest absolute Gasteiger partial charge is 0.129 e. The molecule has 0 aliphatic heterocycles. The molecule has 5 nitrogen and oxygen atoms in total. The lowest BCUT2D eigenvalue weighted by molar-refractivity contribution is 0.113. The Labute approximate surface area is 122 Å². The van der Waals surface area contributed by atoms with Gasteiger partial charge in [-0.2, -0.15) is 0 Å². The van der Waals surface area contributed by atoms with Crippen molar-refractivity contribution < 1.29 is 9.94 Å². The molecule has 1 heterocycles. The molecule has 0 aliphatic carbocycles. The van der Waals surface area contributed by atoms with E-state index in [1.807, 2.05) is 42.5 Å². The van der Waals surface area contributed by atoms with E-state index in [2.05, 4.69) is 17.1 Å². The summed E-state index contributed by atoms with van der Waals surface area (Å²) in [5, 5.41) is 17.5. The Kier molecular flexibility index (Phi) is 3.73. The normalized spacial score (nSPS) is 10.9. The molecule has 1 N–H and O–H groups in total. The maximum Gasteiger partial charge on any atom is 0.129 e. The Hall–Kier alpha value is -2.56. The van der Waals surface area contributed by atoms with Gasteiger partial charge in [0.25, 0.3) is 0 Å². The van der Waals surface area contributed by atoms with Crippen molar-refractivity contribution in [3.05, 3.63) is 42.5 Å². The minimum absolute atomic E-state index is 0.604. The number of unbranched alkanes of at least 4 members (excludes halogenated alkanes) is 1. The Bertz CT molecular complexity index is 738. The van der Waals surface area contributed by atoms with Gasteiger partial charge in [0, 0.05) is 0 Å². The maximum atomic E-state index is 9.49. The molecular formula is C16H17N3O2. The van der Waals surface area contributed by atoms with E-state index in [4.69, 9.17) is 4.74 Å². The summed E-state index contributed by atoms with van der Waals surface area (Å²) in [6.07, 6.45) is 2.08. The fraction of sp³-hybridized carbons (Fsp3) is 0.250. The number of rotatable bonds is 5. The van der Waals surface area contributed by atoms with Crippen LogP contribution in [0.4, 0.5) is 0 Å². The van der Waals surface area contributed by atoms with Crippen LogP contribution < -0.4 is 4.74 Å². The molecule has 0 aliphatic rings. The van der Waals surface area contributed by atoms with Gasteiger partial charge < -0.3 is 9.94 Å². The summed E-state index contributed by atoms with van der Waals surface area (Å²) in [4.78, 5) is 0.604. The topological polar surface area (TPSA) is 60.2 Å². The molecule has 0 saturated heterocycles. The second-order valence-electron chi connectivity index (χ2n) is 4.84. The number of nitrogens with zero attached hydrogens (tertiary/aromatic N) is 3. The Balaban J connectivity index is 2.13. The van der Waals surface area contributed by atoms with Gasteiger partial charge in [-0.3, -0.25) is 0 Å². The highest BCUT2D eigenvalue weighted by atomic mass is 16.5. The summed E-state index contributed by atoms with van der Waals surface area (Å²) >= 11 is 0. The van der Waals surface area contributed by atoms with E-state index in [0.717, 1.165) is 29.7 Å². The van der Waals surface area contributed by atoms with Crippen molar-refractivity contribution in [1.29, 1.82) is 0 Å². The minimum Gasteiger partial charge on any atom is -0.493 e. The van der Waals surface area contributed by atoms with Crippen LogP contribution in [0.3, 0.4) is 0 Å². The first-order valence-electron chi connectivity index (χ1n) is 7.07. The van der Waals surface area contributed by atoms with Gasteiger partial charge >= 0.3 is 0 Å². The zero-order chi connectivity index (χ0) is 14.7. The van der Waals surface area contributed by atoms with E-state index < -0.39 is 0 Å². The molecule has 0 atom stereocenters. The summed E-state index contributed by atoms with van der Waals surface area (Å²) in [5.41, 5.74) is 3.14. The summed E-state index contributed by atoms with van der Waals surface area (Å²) in [6.45, 7) is 2.79. The van der Waals surface area contributed by atoms with Crippen LogP contribution in [0.25, 0.3) is 22.2 Å².